The van der Waals surface area contributed by atoms with E-state index in [-0.39, 0.29) is 11.8 Å². The Morgan fingerprint density at radius 3 is 2.64 bits per heavy atom. The second-order valence-corrected chi connectivity index (χ2v) is 7.75. The highest BCUT2D eigenvalue weighted by molar-refractivity contribution is 5.80. The topological polar surface area (TPSA) is 67.3 Å². The number of piperidine rings is 1. The van der Waals surface area contributed by atoms with Gasteiger partial charge >= 0.3 is 0 Å². The SMILES string of the molecule is COc1ccccc1-c1ccc(N2CCCC(C(=O)NC3CCCC3)C2)nn1. The summed E-state index contributed by atoms with van der Waals surface area (Å²) in [6.45, 7) is 1.62. The van der Waals surface area contributed by atoms with E-state index < -0.39 is 0 Å². The lowest BCUT2D eigenvalue weighted by Crippen LogP contribution is -2.45. The summed E-state index contributed by atoms with van der Waals surface area (Å²) in [7, 11) is 1.66. The highest BCUT2D eigenvalue weighted by Crippen LogP contribution is 2.29. The molecular formula is C22H28N4O2. The van der Waals surface area contributed by atoms with Crippen molar-refractivity contribution in [3.8, 4) is 17.0 Å². The van der Waals surface area contributed by atoms with Crippen LogP contribution in [0.15, 0.2) is 36.4 Å². The van der Waals surface area contributed by atoms with Crippen LogP contribution < -0.4 is 15.0 Å². The number of hydrogen-bond donors (Lipinski definition) is 1. The van der Waals surface area contributed by atoms with E-state index >= 15 is 0 Å². The van der Waals surface area contributed by atoms with Gasteiger partial charge in [-0.15, -0.1) is 10.2 Å². The molecule has 0 radical (unpaired) electrons. The fraction of sp³-hybridized carbons (Fsp3) is 0.500. The molecule has 2 aromatic rings. The molecule has 1 saturated carbocycles. The standard InChI is InChI=1S/C22H28N4O2/c1-28-20-11-5-4-10-18(20)19-12-13-21(25-24-19)26-14-6-7-16(15-26)22(27)23-17-8-2-3-9-17/h4-5,10-13,16-17H,2-3,6-9,14-15H2,1H3,(H,23,27). The van der Waals surface area contributed by atoms with Crippen molar-refractivity contribution >= 4 is 11.7 Å². The first kappa shape index (κ1) is 18.7. The molecule has 2 fully saturated rings. The second kappa shape index (κ2) is 8.59. The lowest BCUT2D eigenvalue weighted by molar-refractivity contribution is -0.125. The van der Waals surface area contributed by atoms with Gasteiger partial charge in [0.2, 0.25) is 5.91 Å². The maximum absolute atomic E-state index is 12.7. The number of carbonyl (C=O) groups excluding carboxylic acids is 1. The van der Waals surface area contributed by atoms with Crippen LogP contribution in [-0.4, -0.2) is 42.3 Å². The normalized spacial score (nSPS) is 20.2. The van der Waals surface area contributed by atoms with E-state index in [1.807, 2.05) is 36.4 Å². The second-order valence-electron chi connectivity index (χ2n) is 7.75. The molecule has 6 heteroatoms. The number of amides is 1. The van der Waals surface area contributed by atoms with Crippen LogP contribution in [0.1, 0.15) is 38.5 Å². The van der Waals surface area contributed by atoms with Gasteiger partial charge in [-0.2, -0.15) is 0 Å². The Kier molecular flexibility index (Phi) is 5.74. The van der Waals surface area contributed by atoms with Crippen LogP contribution in [0.25, 0.3) is 11.3 Å². The van der Waals surface area contributed by atoms with Gasteiger partial charge in [-0.1, -0.05) is 25.0 Å². The predicted molar refractivity (Wildman–Crippen MR) is 109 cm³/mol. The maximum Gasteiger partial charge on any atom is 0.225 e. The minimum Gasteiger partial charge on any atom is -0.496 e. The zero-order valence-electron chi connectivity index (χ0n) is 16.4. The zero-order chi connectivity index (χ0) is 19.3. The van der Waals surface area contributed by atoms with Gasteiger partial charge < -0.3 is 15.0 Å². The highest BCUT2D eigenvalue weighted by Gasteiger charge is 2.28. The number of methoxy groups -OCH3 is 1. The largest absolute Gasteiger partial charge is 0.496 e. The Morgan fingerprint density at radius 1 is 1.07 bits per heavy atom. The lowest BCUT2D eigenvalue weighted by atomic mass is 9.96. The van der Waals surface area contributed by atoms with E-state index in [9.17, 15) is 4.79 Å². The fourth-order valence-corrected chi connectivity index (χ4v) is 4.28. The molecule has 4 rings (SSSR count). The minimum absolute atomic E-state index is 0.0324. The molecule has 1 aromatic heterocycles. The third-order valence-electron chi connectivity index (χ3n) is 5.85. The van der Waals surface area contributed by atoms with Crippen molar-refractivity contribution in [3.05, 3.63) is 36.4 Å². The van der Waals surface area contributed by atoms with E-state index in [1.54, 1.807) is 7.11 Å². The van der Waals surface area contributed by atoms with Gasteiger partial charge in [0, 0.05) is 24.7 Å². The smallest absolute Gasteiger partial charge is 0.225 e. The summed E-state index contributed by atoms with van der Waals surface area (Å²) in [5, 5.41) is 12.1. The highest BCUT2D eigenvalue weighted by atomic mass is 16.5. The molecule has 28 heavy (non-hydrogen) atoms. The molecule has 1 aliphatic heterocycles. The fourth-order valence-electron chi connectivity index (χ4n) is 4.28. The third kappa shape index (κ3) is 4.11. The lowest BCUT2D eigenvalue weighted by Gasteiger charge is -2.33. The van der Waals surface area contributed by atoms with Crippen molar-refractivity contribution in [3.63, 3.8) is 0 Å². The molecule has 1 amide bonds. The molecule has 6 nitrogen and oxygen atoms in total. The van der Waals surface area contributed by atoms with E-state index in [0.717, 1.165) is 55.1 Å². The summed E-state index contributed by atoms with van der Waals surface area (Å²) in [6, 6.07) is 12.1. The zero-order valence-corrected chi connectivity index (χ0v) is 16.4. The van der Waals surface area contributed by atoms with Crippen LogP contribution in [0.4, 0.5) is 5.82 Å². The Labute approximate surface area is 166 Å². The third-order valence-corrected chi connectivity index (χ3v) is 5.85. The average molecular weight is 380 g/mol. The van der Waals surface area contributed by atoms with E-state index in [2.05, 4.69) is 20.4 Å². The number of hydrogen-bond acceptors (Lipinski definition) is 5. The molecule has 0 bridgehead atoms. The summed E-state index contributed by atoms with van der Waals surface area (Å²) in [4.78, 5) is 14.8. The molecule has 1 aliphatic carbocycles. The number of nitrogens with one attached hydrogen (secondary N) is 1. The van der Waals surface area contributed by atoms with Crippen molar-refractivity contribution in [2.24, 2.45) is 5.92 Å². The van der Waals surface area contributed by atoms with Gasteiger partial charge in [-0.05, 0) is 49.9 Å². The molecule has 1 N–H and O–H groups in total. The van der Waals surface area contributed by atoms with Gasteiger partial charge in [0.1, 0.15) is 5.75 Å². The van der Waals surface area contributed by atoms with Gasteiger partial charge in [-0.25, -0.2) is 0 Å². The van der Waals surface area contributed by atoms with Gasteiger partial charge in [-0.3, -0.25) is 4.79 Å². The minimum atomic E-state index is 0.0324. The number of para-hydroxylation sites is 1. The molecular weight excluding hydrogens is 352 g/mol. The van der Waals surface area contributed by atoms with Gasteiger partial charge in [0.05, 0.1) is 18.7 Å². The molecule has 2 heterocycles. The van der Waals surface area contributed by atoms with Crippen molar-refractivity contribution in [2.75, 3.05) is 25.1 Å². The van der Waals surface area contributed by atoms with E-state index in [4.69, 9.17) is 4.74 Å². The molecule has 0 spiro atoms. The monoisotopic (exact) mass is 380 g/mol. The summed E-state index contributed by atoms with van der Waals surface area (Å²) in [5.41, 5.74) is 1.71. The molecule has 2 aliphatic rings. The summed E-state index contributed by atoms with van der Waals surface area (Å²) in [5.74, 6) is 1.85. The summed E-state index contributed by atoms with van der Waals surface area (Å²) < 4.78 is 5.42. The van der Waals surface area contributed by atoms with Crippen LogP contribution in [0.3, 0.4) is 0 Å². The summed E-state index contributed by atoms with van der Waals surface area (Å²) >= 11 is 0. The number of ether oxygens (including phenoxy) is 1. The Balaban J connectivity index is 1.43. The molecule has 1 saturated heterocycles. The summed E-state index contributed by atoms with van der Waals surface area (Å²) in [6.07, 6.45) is 6.66. The van der Waals surface area contributed by atoms with Gasteiger partial charge in [0.25, 0.3) is 0 Å². The first-order valence-corrected chi connectivity index (χ1v) is 10.3. The van der Waals surface area contributed by atoms with Crippen LogP contribution >= 0.6 is 0 Å². The molecule has 1 aromatic carbocycles. The quantitative estimate of drug-likeness (QED) is 0.861. The van der Waals surface area contributed by atoms with E-state index in [0.29, 0.717) is 12.6 Å². The van der Waals surface area contributed by atoms with Crippen molar-refractivity contribution in [1.29, 1.82) is 0 Å². The molecule has 1 atom stereocenters. The van der Waals surface area contributed by atoms with Crippen LogP contribution in [-0.2, 0) is 4.79 Å². The van der Waals surface area contributed by atoms with Crippen molar-refractivity contribution < 1.29 is 9.53 Å². The Hall–Kier alpha value is -2.63. The molecule has 1 unspecified atom stereocenters. The van der Waals surface area contributed by atoms with Gasteiger partial charge in [0.15, 0.2) is 5.82 Å². The Morgan fingerprint density at radius 2 is 1.89 bits per heavy atom. The number of nitrogens with zero attached hydrogens (tertiary/aromatic N) is 3. The number of anilines is 1. The number of carbonyl (C=O) groups is 1. The van der Waals surface area contributed by atoms with Crippen LogP contribution in [0, 0.1) is 5.92 Å². The molecule has 148 valence electrons. The predicted octanol–water partition coefficient (Wildman–Crippen LogP) is 3.43. The average Bonchev–Trinajstić information content (AvgIpc) is 3.27. The van der Waals surface area contributed by atoms with Crippen molar-refractivity contribution in [1.82, 2.24) is 15.5 Å². The van der Waals surface area contributed by atoms with Crippen LogP contribution in [0.5, 0.6) is 5.75 Å². The van der Waals surface area contributed by atoms with Crippen LogP contribution in [0.2, 0.25) is 0 Å². The maximum atomic E-state index is 12.7. The number of rotatable bonds is 5. The Bertz CT molecular complexity index is 802. The number of benzene rings is 1. The van der Waals surface area contributed by atoms with Crippen molar-refractivity contribution in [2.45, 2.75) is 44.6 Å². The number of aromatic nitrogens is 2. The first-order valence-electron chi connectivity index (χ1n) is 10.3. The van der Waals surface area contributed by atoms with E-state index in [1.165, 1.54) is 12.8 Å². The first-order chi connectivity index (χ1) is 13.7.